The van der Waals surface area contributed by atoms with Crippen LogP contribution in [-0.4, -0.2) is 23.5 Å². The van der Waals surface area contributed by atoms with Gasteiger partial charge in [-0.1, -0.05) is 0 Å². The van der Waals surface area contributed by atoms with E-state index in [1.807, 2.05) is 0 Å². The van der Waals surface area contributed by atoms with E-state index in [-0.39, 0.29) is 18.7 Å². The Balaban J connectivity index is 2.32. The molecule has 1 aliphatic rings. The van der Waals surface area contributed by atoms with Crippen LogP contribution in [0.25, 0.3) is 0 Å². The van der Waals surface area contributed by atoms with Crippen molar-refractivity contribution in [3.05, 3.63) is 29.8 Å². The second kappa shape index (κ2) is 4.12. The van der Waals surface area contributed by atoms with Gasteiger partial charge in [0.25, 0.3) is 0 Å². The first-order valence-corrected chi connectivity index (χ1v) is 4.97. The highest BCUT2D eigenvalue weighted by Gasteiger charge is 2.36. The molecule has 0 saturated carbocycles. The molecule has 6 heteroatoms. The summed E-state index contributed by atoms with van der Waals surface area (Å²) in [6.07, 6.45) is -0.189. The Bertz CT molecular complexity index is 490. The predicted octanol–water partition coefficient (Wildman–Crippen LogP) is 1.40. The van der Waals surface area contributed by atoms with Crippen molar-refractivity contribution in [1.82, 2.24) is 0 Å². The van der Waals surface area contributed by atoms with E-state index in [0.29, 0.717) is 0 Å². The number of rotatable bonds is 2. The number of hydrogen-bond donors (Lipinski definition) is 1. The second-order valence-electron chi connectivity index (χ2n) is 3.84. The number of halogens is 2. The minimum absolute atomic E-state index is 0.130. The van der Waals surface area contributed by atoms with E-state index in [2.05, 4.69) is 0 Å². The van der Waals surface area contributed by atoms with Gasteiger partial charge in [0.05, 0.1) is 11.6 Å². The summed E-state index contributed by atoms with van der Waals surface area (Å²) < 4.78 is 26.4. The van der Waals surface area contributed by atoms with Gasteiger partial charge in [0.15, 0.2) is 0 Å². The van der Waals surface area contributed by atoms with Gasteiger partial charge in [-0.15, -0.1) is 0 Å². The highest BCUT2D eigenvalue weighted by atomic mass is 19.1. The number of hydrogen-bond acceptors (Lipinski definition) is 2. The van der Waals surface area contributed by atoms with Crippen LogP contribution in [0.15, 0.2) is 18.2 Å². The zero-order chi connectivity index (χ0) is 12.6. The zero-order valence-electron chi connectivity index (χ0n) is 8.69. The lowest BCUT2D eigenvalue weighted by atomic mass is 10.1. The molecule has 1 N–H and O–H groups in total. The van der Waals surface area contributed by atoms with Crippen molar-refractivity contribution >= 4 is 17.6 Å². The van der Waals surface area contributed by atoms with Crippen LogP contribution < -0.4 is 4.90 Å². The molecule has 0 aliphatic carbocycles. The van der Waals surface area contributed by atoms with Gasteiger partial charge in [0.1, 0.15) is 11.6 Å². The van der Waals surface area contributed by atoms with E-state index in [0.717, 1.165) is 23.1 Å². The third-order valence-electron chi connectivity index (χ3n) is 2.67. The molecular weight excluding hydrogens is 232 g/mol. The van der Waals surface area contributed by atoms with Gasteiger partial charge >= 0.3 is 5.97 Å². The van der Waals surface area contributed by atoms with Crippen molar-refractivity contribution in [2.75, 3.05) is 11.4 Å². The van der Waals surface area contributed by atoms with Crippen molar-refractivity contribution in [1.29, 1.82) is 0 Å². The summed E-state index contributed by atoms with van der Waals surface area (Å²) in [5.74, 6) is -3.91. The number of carboxylic acids is 1. The average Bonchev–Trinajstić information content (AvgIpc) is 2.64. The average molecular weight is 241 g/mol. The lowest BCUT2D eigenvalue weighted by Crippen LogP contribution is -2.26. The van der Waals surface area contributed by atoms with Crippen molar-refractivity contribution in [2.24, 2.45) is 5.92 Å². The van der Waals surface area contributed by atoms with E-state index in [4.69, 9.17) is 5.11 Å². The van der Waals surface area contributed by atoms with E-state index >= 15 is 0 Å². The number of carbonyl (C=O) groups excluding carboxylic acids is 1. The standard InChI is InChI=1S/C11H9F2NO3/c12-7-1-2-8(13)9(4-7)14-5-6(11(16)17)3-10(14)15/h1-2,4,6H,3,5H2,(H,16,17)/t6-/m1/s1. The summed E-state index contributed by atoms with van der Waals surface area (Å²) in [5, 5.41) is 8.77. The van der Waals surface area contributed by atoms with Crippen molar-refractivity contribution in [2.45, 2.75) is 6.42 Å². The molecule has 0 spiro atoms. The van der Waals surface area contributed by atoms with Gasteiger partial charge in [-0.05, 0) is 12.1 Å². The molecule has 1 aromatic rings. The minimum Gasteiger partial charge on any atom is -0.481 e. The topological polar surface area (TPSA) is 57.6 Å². The Morgan fingerprint density at radius 1 is 1.41 bits per heavy atom. The van der Waals surface area contributed by atoms with Gasteiger partial charge < -0.3 is 10.0 Å². The normalized spacial score (nSPS) is 19.8. The van der Waals surface area contributed by atoms with Crippen LogP contribution in [0.1, 0.15) is 6.42 Å². The van der Waals surface area contributed by atoms with Crippen molar-refractivity contribution in [3.63, 3.8) is 0 Å². The number of benzene rings is 1. The molecule has 4 nitrogen and oxygen atoms in total. The first-order chi connectivity index (χ1) is 7.99. The third kappa shape index (κ3) is 2.11. The number of carboxylic acid groups (broad SMARTS) is 1. The van der Waals surface area contributed by atoms with Crippen LogP contribution in [0, 0.1) is 17.6 Å². The number of nitrogens with zero attached hydrogens (tertiary/aromatic N) is 1. The number of aliphatic carboxylic acids is 1. The maximum atomic E-state index is 13.4. The van der Waals surface area contributed by atoms with Crippen molar-refractivity contribution in [3.8, 4) is 0 Å². The van der Waals surface area contributed by atoms with Gasteiger partial charge in [-0.2, -0.15) is 0 Å². The van der Waals surface area contributed by atoms with Crippen molar-refractivity contribution < 1.29 is 23.5 Å². The summed E-state index contributed by atoms with van der Waals surface area (Å²) in [6, 6.07) is 2.73. The Morgan fingerprint density at radius 3 is 2.71 bits per heavy atom. The fourth-order valence-electron chi connectivity index (χ4n) is 1.80. The molecule has 1 saturated heterocycles. The molecule has 1 fully saturated rings. The molecule has 90 valence electrons. The maximum Gasteiger partial charge on any atom is 0.308 e. The minimum atomic E-state index is -1.11. The van der Waals surface area contributed by atoms with Crippen LogP contribution in [0.3, 0.4) is 0 Å². The first-order valence-electron chi connectivity index (χ1n) is 4.97. The quantitative estimate of drug-likeness (QED) is 0.851. The SMILES string of the molecule is O=C(O)[C@@H]1CC(=O)N(c2cc(F)ccc2F)C1. The monoisotopic (exact) mass is 241 g/mol. The molecule has 2 rings (SSSR count). The van der Waals surface area contributed by atoms with Crippen LogP contribution in [0.4, 0.5) is 14.5 Å². The molecule has 1 aromatic carbocycles. The summed E-state index contributed by atoms with van der Waals surface area (Å²) >= 11 is 0. The van der Waals surface area contributed by atoms with Gasteiger partial charge in [0, 0.05) is 19.0 Å². The van der Waals surface area contributed by atoms with E-state index in [1.54, 1.807) is 0 Å². The Morgan fingerprint density at radius 2 is 2.12 bits per heavy atom. The fourth-order valence-corrected chi connectivity index (χ4v) is 1.80. The molecule has 1 aliphatic heterocycles. The summed E-state index contributed by atoms with van der Waals surface area (Å²) in [5.41, 5.74) is -0.209. The Hall–Kier alpha value is -1.98. The summed E-state index contributed by atoms with van der Waals surface area (Å²) in [6.45, 7) is -0.130. The largest absolute Gasteiger partial charge is 0.481 e. The fraction of sp³-hybridized carbons (Fsp3) is 0.273. The molecule has 0 unspecified atom stereocenters. The predicted molar refractivity (Wildman–Crippen MR) is 54.5 cm³/mol. The number of carbonyl (C=O) groups is 2. The lowest BCUT2D eigenvalue weighted by Gasteiger charge is -2.16. The number of amides is 1. The smallest absolute Gasteiger partial charge is 0.308 e. The van der Waals surface area contributed by atoms with E-state index < -0.39 is 29.4 Å². The molecular formula is C11H9F2NO3. The van der Waals surface area contributed by atoms with Crippen LogP contribution >= 0.6 is 0 Å². The summed E-state index contributed by atoms with van der Waals surface area (Å²) in [7, 11) is 0. The lowest BCUT2D eigenvalue weighted by molar-refractivity contribution is -0.141. The second-order valence-corrected chi connectivity index (χ2v) is 3.84. The van der Waals surface area contributed by atoms with E-state index in [1.165, 1.54) is 0 Å². The van der Waals surface area contributed by atoms with Crippen LogP contribution in [0.2, 0.25) is 0 Å². The highest BCUT2D eigenvalue weighted by molar-refractivity contribution is 5.99. The Labute approximate surface area is 95.5 Å². The summed E-state index contributed by atoms with van der Waals surface area (Å²) in [4.78, 5) is 23.2. The molecule has 0 bridgehead atoms. The highest BCUT2D eigenvalue weighted by Crippen LogP contribution is 2.28. The zero-order valence-corrected chi connectivity index (χ0v) is 8.69. The van der Waals surface area contributed by atoms with Gasteiger partial charge in [-0.25, -0.2) is 8.78 Å². The van der Waals surface area contributed by atoms with Gasteiger partial charge in [0.2, 0.25) is 5.91 Å². The van der Waals surface area contributed by atoms with E-state index in [9.17, 15) is 18.4 Å². The maximum absolute atomic E-state index is 13.4. The molecule has 1 amide bonds. The van der Waals surface area contributed by atoms with Gasteiger partial charge in [-0.3, -0.25) is 9.59 Å². The molecule has 0 radical (unpaired) electrons. The first kappa shape index (κ1) is 11.5. The molecule has 1 heterocycles. The molecule has 1 atom stereocenters. The number of anilines is 1. The molecule has 0 aromatic heterocycles. The van der Waals surface area contributed by atoms with Crippen LogP contribution in [-0.2, 0) is 9.59 Å². The Kier molecular flexibility index (Phi) is 2.79. The third-order valence-corrected chi connectivity index (χ3v) is 2.67. The van der Waals surface area contributed by atoms with Crippen LogP contribution in [0.5, 0.6) is 0 Å². The molecule has 17 heavy (non-hydrogen) atoms.